The molecule has 23 heavy (non-hydrogen) atoms. The summed E-state index contributed by atoms with van der Waals surface area (Å²) in [5.74, 6) is -2.51. The first-order valence-electron chi connectivity index (χ1n) is 6.75. The van der Waals surface area contributed by atoms with Crippen LogP contribution in [-0.4, -0.2) is 25.7 Å². The Morgan fingerprint density at radius 3 is 2.65 bits per heavy atom. The Morgan fingerprint density at radius 2 is 2.00 bits per heavy atom. The van der Waals surface area contributed by atoms with Gasteiger partial charge in [-0.3, -0.25) is 0 Å². The first-order chi connectivity index (χ1) is 11.0. The SMILES string of the molecule is O=C(O)c1cc2c(CO)cn(Cc3ccc(F)cc3F)c2cn1. The van der Waals surface area contributed by atoms with Crippen LogP contribution < -0.4 is 0 Å². The Kier molecular flexibility index (Phi) is 3.79. The molecule has 0 amide bonds. The van der Waals surface area contributed by atoms with Crippen molar-refractivity contribution in [1.82, 2.24) is 9.55 Å². The van der Waals surface area contributed by atoms with Gasteiger partial charge in [-0.2, -0.15) is 0 Å². The summed E-state index contributed by atoms with van der Waals surface area (Å²) in [5, 5.41) is 19.0. The minimum absolute atomic E-state index is 0.108. The second-order valence-electron chi connectivity index (χ2n) is 5.07. The fraction of sp³-hybridized carbons (Fsp3) is 0.125. The Labute approximate surface area is 129 Å². The Bertz CT molecular complexity index is 906. The van der Waals surface area contributed by atoms with E-state index in [0.717, 1.165) is 12.1 Å². The maximum atomic E-state index is 13.8. The summed E-state index contributed by atoms with van der Waals surface area (Å²) < 4.78 is 28.4. The highest BCUT2D eigenvalue weighted by molar-refractivity contribution is 5.92. The second-order valence-corrected chi connectivity index (χ2v) is 5.07. The number of hydrogen-bond donors (Lipinski definition) is 2. The lowest BCUT2D eigenvalue weighted by atomic mass is 10.2. The number of fused-ring (bicyclic) bond motifs is 1. The summed E-state index contributed by atoms with van der Waals surface area (Å²) in [6.45, 7) is -0.185. The number of carboxylic acid groups (broad SMARTS) is 1. The van der Waals surface area contributed by atoms with Crippen LogP contribution in [0.2, 0.25) is 0 Å². The standard InChI is InChI=1S/C16H12F2N2O3/c17-11-2-1-9(13(18)3-11)6-20-7-10(8-21)12-4-14(16(22)23)19-5-15(12)20/h1-5,7,21H,6,8H2,(H,22,23). The van der Waals surface area contributed by atoms with Crippen LogP contribution in [0.15, 0.2) is 36.7 Å². The van der Waals surface area contributed by atoms with E-state index in [1.165, 1.54) is 18.3 Å². The molecule has 0 aliphatic carbocycles. The van der Waals surface area contributed by atoms with Crippen molar-refractivity contribution in [3.8, 4) is 0 Å². The molecule has 0 aliphatic heterocycles. The molecule has 2 heterocycles. The van der Waals surface area contributed by atoms with Crippen LogP contribution in [0.1, 0.15) is 21.6 Å². The predicted molar refractivity (Wildman–Crippen MR) is 78.1 cm³/mol. The molecule has 2 N–H and O–H groups in total. The van der Waals surface area contributed by atoms with Gasteiger partial charge in [-0.05, 0) is 12.1 Å². The van der Waals surface area contributed by atoms with Crippen molar-refractivity contribution in [3.63, 3.8) is 0 Å². The Balaban J connectivity index is 2.09. The van der Waals surface area contributed by atoms with Crippen LogP contribution in [0.4, 0.5) is 8.78 Å². The van der Waals surface area contributed by atoms with Crippen molar-refractivity contribution >= 4 is 16.9 Å². The first kappa shape index (κ1) is 15.1. The van der Waals surface area contributed by atoms with Crippen LogP contribution in [0, 0.1) is 11.6 Å². The topological polar surface area (TPSA) is 75.3 Å². The van der Waals surface area contributed by atoms with Gasteiger partial charge in [0.25, 0.3) is 0 Å². The highest BCUT2D eigenvalue weighted by Crippen LogP contribution is 2.23. The molecule has 3 rings (SSSR count). The summed E-state index contributed by atoms with van der Waals surface area (Å²) in [5.41, 5.74) is 1.20. The lowest BCUT2D eigenvalue weighted by Crippen LogP contribution is -2.03. The fourth-order valence-corrected chi connectivity index (χ4v) is 2.47. The van der Waals surface area contributed by atoms with E-state index < -0.39 is 17.6 Å². The average molecular weight is 318 g/mol. The number of carboxylic acids is 1. The summed E-state index contributed by atoms with van der Waals surface area (Å²) >= 11 is 0. The van der Waals surface area contributed by atoms with E-state index in [4.69, 9.17) is 5.11 Å². The number of halogens is 2. The average Bonchev–Trinajstić information content (AvgIpc) is 2.87. The zero-order chi connectivity index (χ0) is 16.6. The molecule has 7 heteroatoms. The summed E-state index contributed by atoms with van der Waals surface area (Å²) in [4.78, 5) is 14.8. The molecule has 0 saturated carbocycles. The van der Waals surface area contributed by atoms with Gasteiger partial charge in [-0.15, -0.1) is 0 Å². The van der Waals surface area contributed by atoms with Crippen LogP contribution in [-0.2, 0) is 13.2 Å². The van der Waals surface area contributed by atoms with E-state index in [0.29, 0.717) is 16.5 Å². The lowest BCUT2D eigenvalue weighted by Gasteiger charge is -2.07. The number of hydrogen-bond acceptors (Lipinski definition) is 3. The third-order valence-electron chi connectivity index (χ3n) is 3.60. The number of aromatic carboxylic acids is 1. The molecule has 0 radical (unpaired) electrons. The zero-order valence-electron chi connectivity index (χ0n) is 11.8. The number of aromatic nitrogens is 2. The van der Waals surface area contributed by atoms with E-state index in [1.54, 1.807) is 10.8 Å². The number of pyridine rings is 1. The van der Waals surface area contributed by atoms with Gasteiger partial charge < -0.3 is 14.8 Å². The Hall–Kier alpha value is -2.80. The minimum atomic E-state index is -1.17. The molecule has 0 atom stereocenters. The number of nitrogens with zero attached hydrogens (tertiary/aromatic N) is 2. The second kappa shape index (κ2) is 5.77. The van der Waals surface area contributed by atoms with Gasteiger partial charge in [0.2, 0.25) is 0 Å². The van der Waals surface area contributed by atoms with Gasteiger partial charge >= 0.3 is 5.97 Å². The van der Waals surface area contributed by atoms with Crippen molar-refractivity contribution in [3.05, 3.63) is 65.1 Å². The summed E-state index contributed by atoms with van der Waals surface area (Å²) in [7, 11) is 0. The third kappa shape index (κ3) is 2.78. The van der Waals surface area contributed by atoms with Crippen molar-refractivity contribution in [1.29, 1.82) is 0 Å². The summed E-state index contributed by atoms with van der Waals surface area (Å²) in [6.07, 6.45) is 2.96. The molecular formula is C16H12F2N2O3. The van der Waals surface area contributed by atoms with E-state index in [9.17, 15) is 18.7 Å². The van der Waals surface area contributed by atoms with Crippen LogP contribution in [0.3, 0.4) is 0 Å². The third-order valence-corrected chi connectivity index (χ3v) is 3.60. The normalized spacial score (nSPS) is 11.1. The number of rotatable bonds is 4. The van der Waals surface area contributed by atoms with E-state index in [2.05, 4.69) is 4.98 Å². The predicted octanol–water partition coefficient (Wildman–Crippen LogP) is 2.55. The zero-order valence-corrected chi connectivity index (χ0v) is 11.8. The molecule has 0 spiro atoms. The highest BCUT2D eigenvalue weighted by atomic mass is 19.1. The number of carbonyl (C=O) groups is 1. The number of aliphatic hydroxyl groups excluding tert-OH is 1. The van der Waals surface area contributed by atoms with Crippen molar-refractivity contribution in [2.45, 2.75) is 13.2 Å². The van der Waals surface area contributed by atoms with Gasteiger partial charge in [0.15, 0.2) is 0 Å². The van der Waals surface area contributed by atoms with Gasteiger partial charge in [0, 0.05) is 28.8 Å². The fourth-order valence-electron chi connectivity index (χ4n) is 2.47. The summed E-state index contributed by atoms with van der Waals surface area (Å²) in [6, 6.07) is 4.67. The molecule has 0 unspecified atom stereocenters. The lowest BCUT2D eigenvalue weighted by molar-refractivity contribution is 0.0690. The maximum absolute atomic E-state index is 13.8. The van der Waals surface area contributed by atoms with Crippen LogP contribution >= 0.6 is 0 Å². The minimum Gasteiger partial charge on any atom is -0.477 e. The molecule has 0 saturated heterocycles. The number of aliphatic hydroxyl groups is 1. The highest BCUT2D eigenvalue weighted by Gasteiger charge is 2.14. The van der Waals surface area contributed by atoms with E-state index in [1.807, 2.05) is 0 Å². The van der Waals surface area contributed by atoms with Crippen LogP contribution in [0.5, 0.6) is 0 Å². The Morgan fingerprint density at radius 1 is 1.22 bits per heavy atom. The van der Waals surface area contributed by atoms with Crippen molar-refractivity contribution in [2.24, 2.45) is 0 Å². The van der Waals surface area contributed by atoms with Gasteiger partial charge in [0.05, 0.1) is 24.9 Å². The van der Waals surface area contributed by atoms with Crippen LogP contribution in [0.25, 0.3) is 10.9 Å². The van der Waals surface area contributed by atoms with Gasteiger partial charge in [-0.1, -0.05) is 6.07 Å². The molecule has 3 aromatic rings. The first-order valence-corrected chi connectivity index (χ1v) is 6.75. The molecule has 0 fully saturated rings. The molecule has 118 valence electrons. The quantitative estimate of drug-likeness (QED) is 0.775. The molecule has 2 aromatic heterocycles. The smallest absolute Gasteiger partial charge is 0.354 e. The van der Waals surface area contributed by atoms with Crippen molar-refractivity contribution < 1.29 is 23.8 Å². The van der Waals surface area contributed by atoms with Gasteiger partial charge in [0.1, 0.15) is 17.3 Å². The molecule has 1 aromatic carbocycles. The van der Waals surface area contributed by atoms with E-state index in [-0.39, 0.29) is 24.4 Å². The molecule has 5 nitrogen and oxygen atoms in total. The number of benzene rings is 1. The maximum Gasteiger partial charge on any atom is 0.354 e. The van der Waals surface area contributed by atoms with Crippen molar-refractivity contribution in [2.75, 3.05) is 0 Å². The van der Waals surface area contributed by atoms with Gasteiger partial charge in [-0.25, -0.2) is 18.6 Å². The molecule has 0 bridgehead atoms. The molecule has 0 aliphatic rings. The monoisotopic (exact) mass is 318 g/mol. The molecular weight excluding hydrogens is 306 g/mol. The van der Waals surface area contributed by atoms with E-state index >= 15 is 0 Å². The largest absolute Gasteiger partial charge is 0.477 e.